The predicted octanol–water partition coefficient (Wildman–Crippen LogP) is 1.98. The van der Waals surface area contributed by atoms with Crippen molar-refractivity contribution < 1.29 is 14.6 Å². The second-order valence-corrected chi connectivity index (χ2v) is 5.65. The Balaban J connectivity index is 1.86. The van der Waals surface area contributed by atoms with Gasteiger partial charge in [0.2, 0.25) is 5.91 Å². The highest BCUT2D eigenvalue weighted by Gasteiger charge is 2.22. The number of ether oxygens (including phenoxy) is 1. The molecule has 0 heterocycles. The smallest absolute Gasteiger partial charge is 0.237 e. The molecule has 2 unspecified atom stereocenters. The van der Waals surface area contributed by atoms with Crippen molar-refractivity contribution in [3.63, 3.8) is 0 Å². The Labute approximate surface area is 142 Å². The van der Waals surface area contributed by atoms with E-state index in [-0.39, 0.29) is 0 Å². The Kier molecular flexibility index (Phi) is 6.78. The summed E-state index contributed by atoms with van der Waals surface area (Å²) in [7, 11) is 0. The zero-order valence-electron chi connectivity index (χ0n) is 13.8. The van der Waals surface area contributed by atoms with E-state index < -0.39 is 18.1 Å². The summed E-state index contributed by atoms with van der Waals surface area (Å²) < 4.78 is 5.73. The molecule has 5 nitrogen and oxygen atoms in total. The van der Waals surface area contributed by atoms with Crippen LogP contribution in [0.4, 0.5) is 0 Å². The molecule has 0 aliphatic carbocycles. The molecule has 0 fully saturated rings. The number of rotatable bonds is 9. The van der Waals surface area contributed by atoms with E-state index in [1.54, 1.807) is 6.92 Å². The highest BCUT2D eigenvalue weighted by Crippen LogP contribution is 2.14. The van der Waals surface area contributed by atoms with Gasteiger partial charge in [-0.15, -0.1) is 0 Å². The van der Waals surface area contributed by atoms with Gasteiger partial charge in [-0.2, -0.15) is 0 Å². The molecule has 4 N–H and O–H groups in total. The SMILES string of the molecule is CCC(O)C(NCc1ccc(OCc2ccccc2)cc1)C(N)=O. The molecule has 24 heavy (non-hydrogen) atoms. The Morgan fingerprint density at radius 3 is 2.38 bits per heavy atom. The predicted molar refractivity (Wildman–Crippen MR) is 93.3 cm³/mol. The van der Waals surface area contributed by atoms with Crippen LogP contribution in [0.2, 0.25) is 0 Å². The average Bonchev–Trinajstić information content (AvgIpc) is 2.61. The van der Waals surface area contributed by atoms with E-state index in [4.69, 9.17) is 10.5 Å². The minimum absolute atomic E-state index is 0.448. The molecule has 2 aromatic rings. The molecular weight excluding hydrogens is 304 g/mol. The average molecular weight is 328 g/mol. The molecule has 0 saturated heterocycles. The number of hydrogen-bond donors (Lipinski definition) is 3. The number of carbonyl (C=O) groups is 1. The number of hydrogen-bond acceptors (Lipinski definition) is 4. The van der Waals surface area contributed by atoms with Crippen LogP contribution >= 0.6 is 0 Å². The molecule has 0 bridgehead atoms. The molecule has 0 aliphatic heterocycles. The standard InChI is InChI=1S/C19H24N2O3/c1-2-17(22)18(19(20)23)21-12-14-8-10-16(11-9-14)24-13-15-6-4-3-5-7-15/h3-11,17-18,21-22H,2,12-13H2,1H3,(H2,20,23). The van der Waals surface area contributed by atoms with E-state index in [0.717, 1.165) is 16.9 Å². The molecule has 0 aliphatic rings. The van der Waals surface area contributed by atoms with Gasteiger partial charge in [-0.1, -0.05) is 49.4 Å². The van der Waals surface area contributed by atoms with Crippen LogP contribution in [0, 0.1) is 0 Å². The van der Waals surface area contributed by atoms with E-state index in [1.165, 1.54) is 0 Å². The van der Waals surface area contributed by atoms with Crippen LogP contribution in [-0.4, -0.2) is 23.2 Å². The van der Waals surface area contributed by atoms with Crippen LogP contribution in [0.5, 0.6) is 5.75 Å². The van der Waals surface area contributed by atoms with Crippen LogP contribution in [-0.2, 0) is 17.9 Å². The van der Waals surface area contributed by atoms with Gasteiger partial charge in [-0.3, -0.25) is 10.1 Å². The number of nitrogens with one attached hydrogen (secondary N) is 1. The van der Waals surface area contributed by atoms with Gasteiger partial charge in [-0.05, 0) is 29.7 Å². The van der Waals surface area contributed by atoms with Crippen molar-refractivity contribution in [2.75, 3.05) is 0 Å². The quantitative estimate of drug-likeness (QED) is 0.657. The molecule has 1 amide bonds. The maximum atomic E-state index is 11.4. The monoisotopic (exact) mass is 328 g/mol. The minimum atomic E-state index is -0.782. The molecule has 2 atom stereocenters. The van der Waals surface area contributed by atoms with Crippen molar-refractivity contribution in [3.05, 3.63) is 65.7 Å². The van der Waals surface area contributed by atoms with Crippen molar-refractivity contribution in [2.24, 2.45) is 5.73 Å². The molecule has 2 aromatic carbocycles. The lowest BCUT2D eigenvalue weighted by atomic mass is 10.1. The molecule has 0 aromatic heterocycles. The third-order valence-corrected chi connectivity index (χ3v) is 3.81. The fourth-order valence-electron chi connectivity index (χ4n) is 2.33. The van der Waals surface area contributed by atoms with Gasteiger partial charge in [-0.25, -0.2) is 0 Å². The molecule has 0 spiro atoms. The van der Waals surface area contributed by atoms with Crippen LogP contribution in [0.15, 0.2) is 54.6 Å². The zero-order chi connectivity index (χ0) is 17.4. The van der Waals surface area contributed by atoms with Gasteiger partial charge in [0.05, 0.1) is 6.10 Å². The van der Waals surface area contributed by atoms with Crippen LogP contribution in [0.1, 0.15) is 24.5 Å². The van der Waals surface area contributed by atoms with Crippen molar-refractivity contribution in [1.29, 1.82) is 0 Å². The summed E-state index contributed by atoms with van der Waals surface area (Å²) in [5.41, 5.74) is 7.41. The molecule has 0 radical (unpaired) electrons. The highest BCUT2D eigenvalue weighted by atomic mass is 16.5. The highest BCUT2D eigenvalue weighted by molar-refractivity contribution is 5.80. The number of aliphatic hydroxyl groups excluding tert-OH is 1. The minimum Gasteiger partial charge on any atom is -0.489 e. The summed E-state index contributed by atoms with van der Waals surface area (Å²) >= 11 is 0. The van der Waals surface area contributed by atoms with Gasteiger partial charge in [0.1, 0.15) is 18.4 Å². The van der Waals surface area contributed by atoms with Crippen LogP contribution in [0.25, 0.3) is 0 Å². The molecule has 128 valence electrons. The second-order valence-electron chi connectivity index (χ2n) is 5.65. The molecule has 5 heteroatoms. The zero-order valence-corrected chi connectivity index (χ0v) is 13.8. The summed E-state index contributed by atoms with van der Waals surface area (Å²) in [6, 6.07) is 16.8. The van der Waals surface area contributed by atoms with E-state index in [0.29, 0.717) is 19.6 Å². The van der Waals surface area contributed by atoms with E-state index >= 15 is 0 Å². The first-order valence-electron chi connectivity index (χ1n) is 8.06. The normalized spacial score (nSPS) is 13.2. The topological polar surface area (TPSA) is 84.6 Å². The first kappa shape index (κ1) is 18.0. The Hall–Kier alpha value is -2.37. The van der Waals surface area contributed by atoms with Gasteiger partial charge in [0.25, 0.3) is 0 Å². The van der Waals surface area contributed by atoms with Crippen molar-refractivity contribution >= 4 is 5.91 Å². The fourth-order valence-corrected chi connectivity index (χ4v) is 2.33. The summed E-state index contributed by atoms with van der Waals surface area (Å²) in [6.07, 6.45) is -0.316. The first-order chi connectivity index (χ1) is 11.6. The molecular formula is C19H24N2O3. The largest absolute Gasteiger partial charge is 0.489 e. The van der Waals surface area contributed by atoms with Gasteiger partial charge < -0.3 is 15.6 Å². The van der Waals surface area contributed by atoms with Gasteiger partial charge in [0, 0.05) is 6.54 Å². The maximum Gasteiger partial charge on any atom is 0.237 e. The van der Waals surface area contributed by atoms with Crippen molar-refractivity contribution in [2.45, 2.75) is 38.6 Å². The van der Waals surface area contributed by atoms with Crippen molar-refractivity contribution in [3.8, 4) is 5.75 Å². The fraction of sp³-hybridized carbons (Fsp3) is 0.316. The van der Waals surface area contributed by atoms with Crippen LogP contribution in [0.3, 0.4) is 0 Å². The third-order valence-electron chi connectivity index (χ3n) is 3.81. The van der Waals surface area contributed by atoms with E-state index in [2.05, 4.69) is 5.32 Å². The Morgan fingerprint density at radius 1 is 1.12 bits per heavy atom. The maximum absolute atomic E-state index is 11.4. The number of carbonyl (C=O) groups excluding carboxylic acids is 1. The number of amides is 1. The molecule has 2 rings (SSSR count). The summed E-state index contributed by atoms with van der Waals surface area (Å²) in [5, 5.41) is 12.8. The van der Waals surface area contributed by atoms with E-state index in [1.807, 2.05) is 54.6 Å². The lowest BCUT2D eigenvalue weighted by Gasteiger charge is -2.20. The van der Waals surface area contributed by atoms with Crippen LogP contribution < -0.4 is 15.8 Å². The number of aliphatic hydroxyl groups is 1. The number of nitrogens with two attached hydrogens (primary N) is 1. The van der Waals surface area contributed by atoms with E-state index in [9.17, 15) is 9.90 Å². The van der Waals surface area contributed by atoms with Crippen molar-refractivity contribution in [1.82, 2.24) is 5.32 Å². The van der Waals surface area contributed by atoms with Gasteiger partial charge >= 0.3 is 0 Å². The third kappa shape index (κ3) is 5.37. The summed E-state index contributed by atoms with van der Waals surface area (Å²) in [6.45, 7) is 2.77. The lowest BCUT2D eigenvalue weighted by Crippen LogP contribution is -2.48. The Morgan fingerprint density at radius 2 is 1.79 bits per heavy atom. The summed E-state index contributed by atoms with van der Waals surface area (Å²) in [4.78, 5) is 11.4. The number of benzene rings is 2. The van der Waals surface area contributed by atoms with Gasteiger partial charge in [0.15, 0.2) is 0 Å². The molecule has 0 saturated carbocycles. The first-order valence-corrected chi connectivity index (χ1v) is 8.06. The lowest BCUT2D eigenvalue weighted by molar-refractivity contribution is -0.122. The Bertz CT molecular complexity index is 629. The second kappa shape index (κ2) is 9.05. The summed E-state index contributed by atoms with van der Waals surface area (Å²) in [5.74, 6) is 0.231. The number of primary amides is 1.